The van der Waals surface area contributed by atoms with E-state index in [0.29, 0.717) is 45.4 Å². The van der Waals surface area contributed by atoms with Crippen molar-refractivity contribution in [1.82, 2.24) is 0 Å². The topological polar surface area (TPSA) is 61.2 Å². The van der Waals surface area contributed by atoms with Crippen molar-refractivity contribution in [3.05, 3.63) is 61.1 Å². The quantitative estimate of drug-likeness (QED) is 0.442. The van der Waals surface area contributed by atoms with E-state index in [1.807, 2.05) is 6.07 Å². The van der Waals surface area contributed by atoms with Crippen molar-refractivity contribution in [2.75, 3.05) is 4.90 Å². The van der Waals surface area contributed by atoms with Gasteiger partial charge in [0.25, 0.3) is 0 Å². The summed E-state index contributed by atoms with van der Waals surface area (Å²) in [6, 6.07) is 7.78. The van der Waals surface area contributed by atoms with Gasteiger partial charge in [-0.1, -0.05) is 48.2 Å². The molecule has 33 heavy (non-hydrogen) atoms. The Bertz CT molecular complexity index is 1220. The molecular formula is C26H24Cl2N2O2S. The summed E-state index contributed by atoms with van der Waals surface area (Å²) in [4.78, 5) is 29.8. The molecule has 170 valence electrons. The van der Waals surface area contributed by atoms with E-state index in [-0.39, 0.29) is 18.1 Å². The molecule has 0 radical (unpaired) electrons. The number of hydrogen-bond donors (Lipinski definition) is 0. The number of carbonyl (C=O) groups excluding carboxylic acids is 2. The van der Waals surface area contributed by atoms with Crippen LogP contribution in [0.1, 0.15) is 78.9 Å². The summed E-state index contributed by atoms with van der Waals surface area (Å²) < 4.78 is 0. The van der Waals surface area contributed by atoms with Gasteiger partial charge in [-0.3, -0.25) is 14.5 Å². The van der Waals surface area contributed by atoms with Gasteiger partial charge in [0.05, 0.1) is 15.6 Å². The number of ketones is 1. The number of aryl methyl sites for hydroxylation is 1. The summed E-state index contributed by atoms with van der Waals surface area (Å²) in [6.07, 6.45) is 8.29. The van der Waals surface area contributed by atoms with Crippen LogP contribution < -0.4 is 4.90 Å². The number of amides is 1. The molecule has 0 fully saturated rings. The number of halogens is 2. The fraction of sp³-hybridized carbons (Fsp3) is 0.423. The van der Waals surface area contributed by atoms with Gasteiger partial charge in [0.1, 0.15) is 11.1 Å². The summed E-state index contributed by atoms with van der Waals surface area (Å²) in [6.45, 7) is 0. The van der Waals surface area contributed by atoms with Crippen molar-refractivity contribution in [2.24, 2.45) is 0 Å². The predicted octanol–water partition coefficient (Wildman–Crippen LogP) is 7.11. The lowest BCUT2D eigenvalue weighted by Crippen LogP contribution is -2.40. The van der Waals surface area contributed by atoms with Crippen molar-refractivity contribution < 1.29 is 9.59 Å². The second-order valence-electron chi connectivity index (χ2n) is 8.98. The lowest BCUT2D eigenvalue weighted by atomic mass is 9.77. The van der Waals surface area contributed by atoms with Crippen molar-refractivity contribution in [1.29, 1.82) is 5.26 Å². The van der Waals surface area contributed by atoms with Crippen LogP contribution in [-0.2, 0) is 22.4 Å². The SMILES string of the molecule is N#Cc1c(N2C(=O)CC(c3cccc(Cl)c3Cl)C3=C2CCCC3=O)sc2c1CCCCCC2. The molecule has 0 saturated heterocycles. The van der Waals surface area contributed by atoms with Gasteiger partial charge in [-0.2, -0.15) is 5.26 Å². The minimum atomic E-state index is -0.408. The predicted molar refractivity (Wildman–Crippen MR) is 132 cm³/mol. The molecule has 3 aliphatic rings. The van der Waals surface area contributed by atoms with Gasteiger partial charge < -0.3 is 0 Å². The molecule has 1 aromatic heterocycles. The van der Waals surface area contributed by atoms with E-state index in [4.69, 9.17) is 23.2 Å². The maximum atomic E-state index is 13.7. The van der Waals surface area contributed by atoms with Crippen LogP contribution in [-0.4, -0.2) is 11.7 Å². The molecule has 0 saturated carbocycles. The molecule has 5 rings (SSSR count). The third-order valence-electron chi connectivity index (χ3n) is 7.00. The monoisotopic (exact) mass is 498 g/mol. The van der Waals surface area contributed by atoms with Crippen molar-refractivity contribution >= 4 is 51.2 Å². The van der Waals surface area contributed by atoms with E-state index < -0.39 is 5.92 Å². The highest BCUT2D eigenvalue weighted by molar-refractivity contribution is 7.16. The maximum Gasteiger partial charge on any atom is 0.232 e. The second-order valence-corrected chi connectivity index (χ2v) is 10.8. The Balaban J connectivity index is 1.67. The molecule has 2 heterocycles. The smallest absolute Gasteiger partial charge is 0.232 e. The molecule has 0 bridgehead atoms. The fourth-order valence-electron chi connectivity index (χ4n) is 5.46. The van der Waals surface area contributed by atoms with E-state index in [0.717, 1.165) is 42.5 Å². The van der Waals surface area contributed by atoms with Crippen molar-refractivity contribution in [3.8, 4) is 6.07 Å². The molecule has 0 spiro atoms. The van der Waals surface area contributed by atoms with Gasteiger partial charge in [0, 0.05) is 34.9 Å². The summed E-state index contributed by atoms with van der Waals surface area (Å²) in [7, 11) is 0. The lowest BCUT2D eigenvalue weighted by molar-refractivity contribution is -0.119. The average molecular weight is 499 g/mol. The van der Waals surface area contributed by atoms with Crippen LogP contribution >= 0.6 is 34.5 Å². The van der Waals surface area contributed by atoms with E-state index in [1.54, 1.807) is 28.4 Å². The molecule has 1 atom stereocenters. The van der Waals surface area contributed by atoms with Crippen LogP contribution in [0.4, 0.5) is 5.00 Å². The second kappa shape index (κ2) is 9.25. The van der Waals surface area contributed by atoms with Crippen LogP contribution in [0.5, 0.6) is 0 Å². The van der Waals surface area contributed by atoms with E-state index in [1.165, 1.54) is 17.7 Å². The molecular weight excluding hydrogens is 475 g/mol. The molecule has 4 nitrogen and oxygen atoms in total. The maximum absolute atomic E-state index is 13.7. The first-order chi connectivity index (χ1) is 16.0. The number of rotatable bonds is 2. The summed E-state index contributed by atoms with van der Waals surface area (Å²) in [5.74, 6) is -0.437. The first-order valence-corrected chi connectivity index (χ1v) is 13.2. The van der Waals surface area contributed by atoms with Gasteiger partial charge in [-0.25, -0.2) is 0 Å². The van der Waals surface area contributed by atoms with Crippen LogP contribution in [0.2, 0.25) is 10.0 Å². The zero-order valence-electron chi connectivity index (χ0n) is 18.3. The molecule has 2 aliphatic carbocycles. The van der Waals surface area contributed by atoms with Crippen LogP contribution in [0.3, 0.4) is 0 Å². The van der Waals surface area contributed by atoms with Gasteiger partial charge in [0.2, 0.25) is 5.91 Å². The Morgan fingerprint density at radius 2 is 1.79 bits per heavy atom. The zero-order chi connectivity index (χ0) is 23.1. The molecule has 1 aliphatic heterocycles. The fourth-order valence-corrected chi connectivity index (χ4v) is 7.28. The Kier molecular flexibility index (Phi) is 6.35. The van der Waals surface area contributed by atoms with Crippen LogP contribution in [0.25, 0.3) is 0 Å². The number of thiophene rings is 1. The number of allylic oxidation sites excluding steroid dienone is 2. The Morgan fingerprint density at radius 1 is 1.00 bits per heavy atom. The zero-order valence-corrected chi connectivity index (χ0v) is 20.6. The molecule has 1 amide bonds. The number of fused-ring (bicyclic) bond motifs is 1. The number of nitriles is 1. The molecule has 7 heteroatoms. The molecule has 1 unspecified atom stereocenters. The minimum Gasteiger partial charge on any atom is -0.294 e. The van der Waals surface area contributed by atoms with Gasteiger partial charge >= 0.3 is 0 Å². The summed E-state index contributed by atoms with van der Waals surface area (Å²) >= 11 is 14.4. The Labute approximate surface area is 207 Å². The third-order valence-corrected chi connectivity index (χ3v) is 9.11. The highest BCUT2D eigenvalue weighted by atomic mass is 35.5. The van der Waals surface area contributed by atoms with Crippen molar-refractivity contribution in [3.63, 3.8) is 0 Å². The Hall–Kier alpha value is -2.13. The van der Waals surface area contributed by atoms with Crippen LogP contribution in [0.15, 0.2) is 29.5 Å². The first kappa shape index (κ1) is 22.7. The largest absolute Gasteiger partial charge is 0.294 e. The Morgan fingerprint density at radius 3 is 2.58 bits per heavy atom. The number of hydrogen-bond acceptors (Lipinski definition) is 4. The normalized spacial score (nSPS) is 21.2. The minimum absolute atomic E-state index is 0.0585. The van der Waals surface area contributed by atoms with E-state index in [2.05, 4.69) is 6.07 Å². The van der Waals surface area contributed by atoms with Gasteiger partial charge in [-0.05, 0) is 55.7 Å². The van der Waals surface area contributed by atoms with Crippen molar-refractivity contribution in [2.45, 2.75) is 70.1 Å². The molecule has 0 N–H and O–H groups in total. The first-order valence-electron chi connectivity index (χ1n) is 11.6. The number of benzene rings is 1. The summed E-state index contributed by atoms with van der Waals surface area (Å²) in [5, 5.41) is 11.6. The number of Topliss-reactive ketones (excluding diaryl/α,β-unsaturated/α-hetero) is 1. The highest BCUT2D eigenvalue weighted by Gasteiger charge is 2.42. The standard InChI is InChI=1S/C26H24Cl2N2O2S/c27-19-9-5-8-16(25(19)28)17-13-23(32)30(20-10-6-11-21(31)24(17)20)26-18(14-29)15-7-3-1-2-4-12-22(15)33-26/h5,8-9,17H,1-4,6-7,10-13H2. The number of nitrogens with zero attached hydrogens (tertiary/aromatic N) is 2. The highest BCUT2D eigenvalue weighted by Crippen LogP contribution is 2.49. The molecule has 2 aromatic rings. The average Bonchev–Trinajstić information content (AvgIpc) is 3.11. The van der Waals surface area contributed by atoms with Gasteiger partial charge in [0.15, 0.2) is 5.78 Å². The van der Waals surface area contributed by atoms with E-state index >= 15 is 0 Å². The van der Waals surface area contributed by atoms with Crippen LogP contribution in [0, 0.1) is 11.3 Å². The van der Waals surface area contributed by atoms with E-state index in [9.17, 15) is 14.9 Å². The molecule has 1 aromatic carbocycles. The summed E-state index contributed by atoms with van der Waals surface area (Å²) in [5.41, 5.74) is 3.85. The lowest BCUT2D eigenvalue weighted by Gasteiger charge is -2.38. The number of carbonyl (C=O) groups is 2. The van der Waals surface area contributed by atoms with Gasteiger partial charge in [-0.15, -0.1) is 11.3 Å². The third kappa shape index (κ3) is 3.93. The number of anilines is 1.